The molecular formula is C21H31NO4. The molecule has 0 fully saturated rings. The van der Waals surface area contributed by atoms with Gasteiger partial charge in [-0.2, -0.15) is 0 Å². The van der Waals surface area contributed by atoms with Crippen molar-refractivity contribution in [2.75, 3.05) is 27.8 Å². The third-order valence-electron chi connectivity index (χ3n) is 3.86. The highest BCUT2D eigenvalue weighted by Gasteiger charge is 2.28. The number of rotatable bonds is 9. The number of carbonyl (C=O) groups is 1. The predicted molar refractivity (Wildman–Crippen MR) is 104 cm³/mol. The van der Waals surface area contributed by atoms with Crippen molar-refractivity contribution in [3.8, 4) is 0 Å². The van der Waals surface area contributed by atoms with Gasteiger partial charge in [0.05, 0.1) is 13.4 Å². The average Bonchev–Trinajstić information content (AvgIpc) is 2.58. The highest BCUT2D eigenvalue weighted by Crippen LogP contribution is 2.23. The van der Waals surface area contributed by atoms with E-state index in [1.54, 1.807) is 13.4 Å². The Hall–Kier alpha value is -2.27. The minimum Gasteiger partial charge on any atom is -0.493 e. The van der Waals surface area contributed by atoms with Crippen LogP contribution in [0.3, 0.4) is 0 Å². The summed E-state index contributed by atoms with van der Waals surface area (Å²) in [5.41, 5.74) is 1.68. The summed E-state index contributed by atoms with van der Waals surface area (Å²) in [7, 11) is 5.25. The zero-order chi connectivity index (χ0) is 19.5. The molecule has 0 N–H and O–H groups in total. The van der Waals surface area contributed by atoms with E-state index in [-0.39, 0.29) is 12.6 Å². The van der Waals surface area contributed by atoms with Gasteiger partial charge in [-0.15, -0.1) is 0 Å². The van der Waals surface area contributed by atoms with Crippen molar-refractivity contribution >= 4 is 5.97 Å². The summed E-state index contributed by atoms with van der Waals surface area (Å²) < 4.78 is 16.3. The number of hydrogen-bond acceptors (Lipinski definition) is 5. The van der Waals surface area contributed by atoms with E-state index in [2.05, 4.69) is 13.0 Å². The molecule has 1 aliphatic heterocycles. The Morgan fingerprint density at radius 2 is 2.08 bits per heavy atom. The van der Waals surface area contributed by atoms with E-state index in [0.717, 1.165) is 24.0 Å². The standard InChI is InChI=1S/C21H31NO4/c1-7-8-9-10-11-12-13-16(2)19(22(4)5)21(23)26-18-15-25-14-17(3)20(18)24-6/h9-14,19H,7-8,15H2,1-6H3/t19-/m0/s1. The molecule has 0 saturated heterocycles. The van der Waals surface area contributed by atoms with Crippen LogP contribution in [0.1, 0.15) is 33.6 Å². The van der Waals surface area contributed by atoms with Crippen LogP contribution >= 0.6 is 0 Å². The second-order valence-electron chi connectivity index (χ2n) is 6.37. The SMILES string of the molecule is CCCC=CC=CC=C(C)[C@@H](C(=O)OC1=C(OC)C(C)=COC1)N(C)C. The van der Waals surface area contributed by atoms with Crippen LogP contribution in [0.25, 0.3) is 0 Å². The molecule has 0 bridgehead atoms. The zero-order valence-electron chi connectivity index (χ0n) is 16.7. The molecule has 0 aromatic heterocycles. The van der Waals surface area contributed by atoms with Crippen molar-refractivity contribution in [2.24, 2.45) is 0 Å². The third-order valence-corrected chi connectivity index (χ3v) is 3.86. The first-order chi connectivity index (χ1) is 12.4. The normalized spacial score (nSPS) is 16.9. The van der Waals surface area contributed by atoms with Gasteiger partial charge in [0.15, 0.2) is 11.5 Å². The molecule has 0 aliphatic carbocycles. The Morgan fingerprint density at radius 1 is 1.35 bits per heavy atom. The van der Waals surface area contributed by atoms with Crippen LogP contribution in [0.2, 0.25) is 0 Å². The van der Waals surface area contributed by atoms with Gasteiger partial charge >= 0.3 is 5.97 Å². The number of hydrogen-bond donors (Lipinski definition) is 0. The van der Waals surface area contributed by atoms with Gasteiger partial charge in [0.1, 0.15) is 12.6 Å². The summed E-state index contributed by atoms with van der Waals surface area (Å²) in [5.74, 6) is 0.585. The highest BCUT2D eigenvalue weighted by atomic mass is 16.6. The van der Waals surface area contributed by atoms with Gasteiger partial charge in [0.25, 0.3) is 0 Å². The molecule has 1 rings (SSSR count). The summed E-state index contributed by atoms with van der Waals surface area (Å²) in [6.45, 7) is 6.08. The number of nitrogens with zero attached hydrogens (tertiary/aromatic N) is 1. The molecular weight excluding hydrogens is 330 g/mol. The Labute approximate surface area is 157 Å². The lowest BCUT2D eigenvalue weighted by Gasteiger charge is -2.25. The summed E-state index contributed by atoms with van der Waals surface area (Å²) in [6.07, 6.45) is 13.7. The van der Waals surface area contributed by atoms with Gasteiger partial charge in [0, 0.05) is 5.57 Å². The maximum absolute atomic E-state index is 12.7. The molecule has 5 nitrogen and oxygen atoms in total. The van der Waals surface area contributed by atoms with Gasteiger partial charge in [-0.1, -0.05) is 43.7 Å². The number of allylic oxidation sites excluding steroid dienone is 6. The number of carbonyl (C=O) groups excluding carboxylic acids is 1. The molecule has 0 spiro atoms. The van der Waals surface area contributed by atoms with E-state index < -0.39 is 6.04 Å². The maximum atomic E-state index is 12.7. The predicted octanol–water partition coefficient (Wildman–Crippen LogP) is 4.11. The molecule has 5 heteroatoms. The van der Waals surface area contributed by atoms with Crippen LogP contribution in [-0.2, 0) is 19.0 Å². The average molecular weight is 361 g/mol. The Morgan fingerprint density at radius 3 is 2.69 bits per heavy atom. The summed E-state index contributed by atoms with van der Waals surface area (Å²) >= 11 is 0. The van der Waals surface area contributed by atoms with E-state index in [0.29, 0.717) is 11.5 Å². The van der Waals surface area contributed by atoms with Crippen LogP contribution in [0.15, 0.2) is 59.3 Å². The number of likely N-dealkylation sites (N-methyl/N-ethyl adjacent to an activating group) is 1. The van der Waals surface area contributed by atoms with Gasteiger partial charge in [-0.25, -0.2) is 4.79 Å². The van der Waals surface area contributed by atoms with Crippen LogP contribution in [0, 0.1) is 0 Å². The van der Waals surface area contributed by atoms with Crippen molar-refractivity contribution in [2.45, 2.75) is 39.7 Å². The van der Waals surface area contributed by atoms with E-state index >= 15 is 0 Å². The fraction of sp³-hybridized carbons (Fsp3) is 0.476. The van der Waals surface area contributed by atoms with Crippen LogP contribution in [0.5, 0.6) is 0 Å². The van der Waals surface area contributed by atoms with Gasteiger partial charge in [0.2, 0.25) is 0 Å². The van der Waals surface area contributed by atoms with E-state index in [9.17, 15) is 4.79 Å². The number of esters is 1. The van der Waals surface area contributed by atoms with E-state index in [1.165, 1.54) is 0 Å². The molecule has 0 saturated carbocycles. The van der Waals surface area contributed by atoms with E-state index in [4.69, 9.17) is 14.2 Å². The fourth-order valence-corrected chi connectivity index (χ4v) is 2.62. The first-order valence-electron chi connectivity index (χ1n) is 8.86. The molecule has 1 atom stereocenters. The number of ether oxygens (including phenoxy) is 3. The van der Waals surface area contributed by atoms with Gasteiger partial charge in [-0.05, 0) is 39.9 Å². The van der Waals surface area contributed by atoms with Crippen LogP contribution in [-0.4, -0.2) is 44.7 Å². The van der Waals surface area contributed by atoms with Crippen molar-refractivity contribution in [3.05, 3.63) is 59.3 Å². The molecule has 1 aliphatic rings. The van der Waals surface area contributed by atoms with Crippen molar-refractivity contribution in [3.63, 3.8) is 0 Å². The minimum atomic E-state index is -0.490. The van der Waals surface area contributed by atoms with Crippen molar-refractivity contribution in [1.82, 2.24) is 4.90 Å². The second kappa shape index (κ2) is 11.4. The van der Waals surface area contributed by atoms with Crippen molar-refractivity contribution < 1.29 is 19.0 Å². The summed E-state index contributed by atoms with van der Waals surface area (Å²) in [5, 5.41) is 0. The lowest BCUT2D eigenvalue weighted by atomic mass is 10.1. The Balaban J connectivity index is 2.88. The van der Waals surface area contributed by atoms with Crippen LogP contribution < -0.4 is 0 Å². The third kappa shape index (κ3) is 6.56. The highest BCUT2D eigenvalue weighted by molar-refractivity contribution is 5.80. The first kappa shape index (κ1) is 21.8. The smallest absolute Gasteiger partial charge is 0.332 e. The van der Waals surface area contributed by atoms with E-state index in [1.807, 2.05) is 57.1 Å². The Bertz CT molecular complexity index is 624. The lowest BCUT2D eigenvalue weighted by Crippen LogP contribution is -2.38. The number of methoxy groups -OCH3 is 1. The minimum absolute atomic E-state index is 0.178. The van der Waals surface area contributed by atoms with Crippen LogP contribution in [0.4, 0.5) is 0 Å². The Kier molecular flexibility index (Phi) is 9.52. The quantitative estimate of drug-likeness (QED) is 0.457. The topological polar surface area (TPSA) is 48.0 Å². The number of unbranched alkanes of at least 4 members (excludes halogenated alkanes) is 1. The molecule has 144 valence electrons. The van der Waals surface area contributed by atoms with Crippen molar-refractivity contribution in [1.29, 1.82) is 0 Å². The first-order valence-corrected chi connectivity index (χ1v) is 8.86. The largest absolute Gasteiger partial charge is 0.493 e. The fourth-order valence-electron chi connectivity index (χ4n) is 2.62. The lowest BCUT2D eigenvalue weighted by molar-refractivity contribution is -0.144. The van der Waals surface area contributed by atoms with Gasteiger partial charge in [-0.3, -0.25) is 4.90 Å². The monoisotopic (exact) mass is 361 g/mol. The van der Waals surface area contributed by atoms with Gasteiger partial charge < -0.3 is 14.2 Å². The zero-order valence-corrected chi connectivity index (χ0v) is 16.7. The molecule has 26 heavy (non-hydrogen) atoms. The molecule has 0 aromatic carbocycles. The molecule has 0 amide bonds. The molecule has 0 aromatic rings. The second-order valence-corrected chi connectivity index (χ2v) is 6.37. The molecule has 0 unspecified atom stereocenters. The summed E-state index contributed by atoms with van der Waals surface area (Å²) in [4.78, 5) is 14.6. The molecule has 1 heterocycles. The maximum Gasteiger partial charge on any atom is 0.332 e. The summed E-state index contributed by atoms with van der Waals surface area (Å²) in [6, 6.07) is -0.490. The molecule has 0 radical (unpaired) electrons.